The van der Waals surface area contributed by atoms with E-state index in [2.05, 4.69) is 20.8 Å². The second-order valence-corrected chi connectivity index (χ2v) is 6.04. The van der Waals surface area contributed by atoms with E-state index in [4.69, 9.17) is 0 Å². The van der Waals surface area contributed by atoms with Crippen molar-refractivity contribution in [2.45, 2.75) is 32.6 Å². The Morgan fingerprint density at radius 3 is 2.13 bits per heavy atom. The van der Waals surface area contributed by atoms with E-state index in [0.29, 0.717) is 11.8 Å². The highest BCUT2D eigenvalue weighted by atomic mass is 32.2. The van der Waals surface area contributed by atoms with Crippen LogP contribution >= 0.6 is 0 Å². The van der Waals surface area contributed by atoms with Crippen molar-refractivity contribution in [3.05, 3.63) is 29.8 Å². The van der Waals surface area contributed by atoms with Gasteiger partial charge >= 0.3 is 0 Å². The van der Waals surface area contributed by atoms with Gasteiger partial charge in [-0.25, -0.2) is 0 Å². The molecule has 0 fully saturated rings. The average molecular weight is 224 g/mol. The number of rotatable bonds is 4. The Kier molecular flexibility index (Phi) is 4.68. The molecule has 0 saturated carbocycles. The van der Waals surface area contributed by atoms with Gasteiger partial charge in [-0.1, -0.05) is 38.5 Å². The first-order chi connectivity index (χ1) is 7.00. The summed E-state index contributed by atoms with van der Waals surface area (Å²) in [6, 6.07) is 7.98. The molecule has 1 aromatic rings. The van der Waals surface area contributed by atoms with Gasteiger partial charge in [0, 0.05) is 5.92 Å². The molecule has 1 rings (SSSR count). The SMILES string of the molecule is Cc1ccc([S@@+]([O-])C[C@H](C)C(C)C)cc1. The summed E-state index contributed by atoms with van der Waals surface area (Å²) in [5, 5.41) is 0. The van der Waals surface area contributed by atoms with Gasteiger partial charge in [0.1, 0.15) is 5.75 Å². The first kappa shape index (κ1) is 12.6. The van der Waals surface area contributed by atoms with Gasteiger partial charge in [0.15, 0.2) is 4.90 Å². The zero-order valence-corrected chi connectivity index (χ0v) is 10.8. The van der Waals surface area contributed by atoms with Crippen molar-refractivity contribution < 1.29 is 4.55 Å². The van der Waals surface area contributed by atoms with Crippen LogP contribution in [0.3, 0.4) is 0 Å². The fourth-order valence-electron chi connectivity index (χ4n) is 1.22. The van der Waals surface area contributed by atoms with Crippen molar-refractivity contribution in [1.82, 2.24) is 0 Å². The molecule has 0 N–H and O–H groups in total. The molecule has 0 radical (unpaired) electrons. The molecule has 0 aliphatic rings. The molecule has 84 valence electrons. The number of benzene rings is 1. The minimum Gasteiger partial charge on any atom is -0.611 e. The third-order valence-electron chi connectivity index (χ3n) is 2.84. The highest BCUT2D eigenvalue weighted by Gasteiger charge is 2.17. The molecular formula is C13H20OS. The van der Waals surface area contributed by atoms with E-state index in [-0.39, 0.29) is 0 Å². The molecule has 0 saturated heterocycles. The smallest absolute Gasteiger partial charge is 0.152 e. The van der Waals surface area contributed by atoms with Crippen LogP contribution in [-0.4, -0.2) is 10.3 Å². The maximum Gasteiger partial charge on any atom is 0.152 e. The van der Waals surface area contributed by atoms with Crippen molar-refractivity contribution in [1.29, 1.82) is 0 Å². The number of hydrogen-bond acceptors (Lipinski definition) is 1. The molecule has 1 aromatic carbocycles. The summed E-state index contributed by atoms with van der Waals surface area (Å²) in [7, 11) is 0. The molecule has 0 bridgehead atoms. The van der Waals surface area contributed by atoms with E-state index in [1.807, 2.05) is 31.2 Å². The van der Waals surface area contributed by atoms with Crippen LogP contribution in [0.2, 0.25) is 0 Å². The second-order valence-electron chi connectivity index (χ2n) is 4.55. The summed E-state index contributed by atoms with van der Waals surface area (Å²) in [4.78, 5) is 0.952. The first-order valence-electron chi connectivity index (χ1n) is 5.45. The standard InChI is InChI=1S/C13H20OS/c1-10(2)12(4)9-15(14)13-7-5-11(3)6-8-13/h5-8,10,12H,9H2,1-4H3/t12-,15-/m0/s1. The van der Waals surface area contributed by atoms with Crippen molar-refractivity contribution in [3.8, 4) is 0 Å². The van der Waals surface area contributed by atoms with Crippen LogP contribution in [0.4, 0.5) is 0 Å². The average Bonchev–Trinajstić information content (AvgIpc) is 2.18. The van der Waals surface area contributed by atoms with Crippen molar-refractivity contribution >= 4 is 11.2 Å². The minimum atomic E-state index is -0.842. The molecule has 2 atom stereocenters. The number of aryl methyl sites for hydroxylation is 1. The highest BCUT2D eigenvalue weighted by molar-refractivity contribution is 7.91. The van der Waals surface area contributed by atoms with E-state index < -0.39 is 11.2 Å². The van der Waals surface area contributed by atoms with Gasteiger partial charge in [0.05, 0.1) is 0 Å². The summed E-state index contributed by atoms with van der Waals surface area (Å²) >= 11 is -0.842. The van der Waals surface area contributed by atoms with Crippen molar-refractivity contribution in [3.63, 3.8) is 0 Å². The van der Waals surface area contributed by atoms with Gasteiger partial charge < -0.3 is 4.55 Å². The highest BCUT2D eigenvalue weighted by Crippen LogP contribution is 2.18. The zero-order chi connectivity index (χ0) is 11.4. The van der Waals surface area contributed by atoms with Gasteiger partial charge in [-0.2, -0.15) is 0 Å². The molecule has 0 aliphatic heterocycles. The Morgan fingerprint density at radius 2 is 1.67 bits per heavy atom. The molecule has 0 heterocycles. The molecule has 15 heavy (non-hydrogen) atoms. The monoisotopic (exact) mass is 224 g/mol. The predicted molar refractivity (Wildman–Crippen MR) is 66.5 cm³/mol. The van der Waals surface area contributed by atoms with E-state index in [1.165, 1.54) is 5.56 Å². The summed E-state index contributed by atoms with van der Waals surface area (Å²) < 4.78 is 12.0. The van der Waals surface area contributed by atoms with Crippen LogP contribution in [-0.2, 0) is 11.2 Å². The van der Waals surface area contributed by atoms with Gasteiger partial charge in [0.25, 0.3) is 0 Å². The largest absolute Gasteiger partial charge is 0.611 e. The fourth-order valence-corrected chi connectivity index (χ4v) is 2.71. The quantitative estimate of drug-likeness (QED) is 0.719. The number of hydrogen-bond donors (Lipinski definition) is 0. The van der Waals surface area contributed by atoms with Crippen LogP contribution in [0.15, 0.2) is 29.2 Å². The molecule has 0 amide bonds. The fraction of sp³-hybridized carbons (Fsp3) is 0.538. The molecule has 2 heteroatoms. The van der Waals surface area contributed by atoms with E-state index >= 15 is 0 Å². The van der Waals surface area contributed by atoms with Crippen LogP contribution < -0.4 is 0 Å². The van der Waals surface area contributed by atoms with Gasteiger partial charge in [0.2, 0.25) is 0 Å². The normalized spacial score (nSPS) is 15.3. The van der Waals surface area contributed by atoms with E-state index in [9.17, 15) is 4.55 Å². The molecule has 0 spiro atoms. The third kappa shape index (κ3) is 3.88. The molecule has 1 nitrogen and oxygen atoms in total. The Morgan fingerprint density at radius 1 is 1.13 bits per heavy atom. The van der Waals surface area contributed by atoms with Crippen LogP contribution in [0.1, 0.15) is 26.3 Å². The van der Waals surface area contributed by atoms with Crippen LogP contribution in [0.25, 0.3) is 0 Å². The predicted octanol–water partition coefficient (Wildman–Crippen LogP) is 3.39. The van der Waals surface area contributed by atoms with Crippen LogP contribution in [0.5, 0.6) is 0 Å². The summed E-state index contributed by atoms with van der Waals surface area (Å²) in [6.45, 7) is 8.56. The Balaban J connectivity index is 2.61. The van der Waals surface area contributed by atoms with Crippen LogP contribution in [0, 0.1) is 18.8 Å². The van der Waals surface area contributed by atoms with Gasteiger partial charge in [-0.05, 0) is 36.2 Å². The maximum atomic E-state index is 12.0. The van der Waals surface area contributed by atoms with Crippen molar-refractivity contribution in [2.75, 3.05) is 5.75 Å². The summed E-state index contributed by atoms with van der Waals surface area (Å²) in [5.74, 6) is 1.87. The molecular weight excluding hydrogens is 204 g/mol. The van der Waals surface area contributed by atoms with Gasteiger partial charge in [-0.15, -0.1) is 0 Å². The summed E-state index contributed by atoms with van der Waals surface area (Å²) in [6.07, 6.45) is 0. The topological polar surface area (TPSA) is 23.1 Å². The van der Waals surface area contributed by atoms with Gasteiger partial charge in [-0.3, -0.25) is 0 Å². The first-order valence-corrected chi connectivity index (χ1v) is 6.77. The molecule has 0 aliphatic carbocycles. The zero-order valence-electron chi connectivity index (χ0n) is 9.99. The molecule has 0 aromatic heterocycles. The van der Waals surface area contributed by atoms with E-state index in [0.717, 1.165) is 10.6 Å². The molecule has 0 unspecified atom stereocenters. The Hall–Kier alpha value is -0.470. The lowest BCUT2D eigenvalue weighted by atomic mass is 10.0. The lowest BCUT2D eigenvalue weighted by Crippen LogP contribution is -2.18. The third-order valence-corrected chi connectivity index (χ3v) is 4.46. The maximum absolute atomic E-state index is 12.0. The summed E-state index contributed by atoms with van der Waals surface area (Å²) in [5.41, 5.74) is 1.22. The van der Waals surface area contributed by atoms with Crippen molar-refractivity contribution in [2.24, 2.45) is 11.8 Å². The second kappa shape index (κ2) is 5.57. The lowest BCUT2D eigenvalue weighted by Gasteiger charge is -2.18. The minimum absolute atomic E-state index is 0.507. The lowest BCUT2D eigenvalue weighted by molar-refractivity contribution is 0.452. The Bertz CT molecular complexity index is 292. The van der Waals surface area contributed by atoms with E-state index in [1.54, 1.807) is 0 Å². The Labute approximate surface area is 96.1 Å².